The maximum atomic E-state index is 5.74. The molecule has 15 heavy (non-hydrogen) atoms. The molecule has 0 amide bonds. The lowest BCUT2D eigenvalue weighted by Gasteiger charge is -2.18. The molecule has 2 N–H and O–H groups in total. The Morgan fingerprint density at radius 2 is 2.20 bits per heavy atom. The van der Waals surface area contributed by atoms with Gasteiger partial charge in [-0.2, -0.15) is 0 Å². The van der Waals surface area contributed by atoms with E-state index in [0.717, 1.165) is 18.1 Å². The van der Waals surface area contributed by atoms with Crippen LogP contribution in [0, 0.1) is 0 Å². The molecular weight excluding hydrogens is 188 g/mol. The minimum absolute atomic E-state index is 0.150. The summed E-state index contributed by atoms with van der Waals surface area (Å²) in [7, 11) is 0. The normalized spacial score (nSPS) is 20.4. The van der Waals surface area contributed by atoms with Gasteiger partial charge in [0.15, 0.2) is 5.89 Å². The maximum Gasteiger partial charge on any atom is 0.197 e. The lowest BCUT2D eigenvalue weighted by atomic mass is 9.89. The molecule has 0 bridgehead atoms. The molecule has 1 saturated carbocycles. The molecule has 0 spiro atoms. The van der Waals surface area contributed by atoms with E-state index >= 15 is 0 Å². The van der Waals surface area contributed by atoms with Crippen LogP contribution in [0.25, 0.3) is 0 Å². The van der Waals surface area contributed by atoms with Crippen molar-refractivity contribution in [3.63, 3.8) is 0 Å². The average Bonchev–Trinajstić information content (AvgIpc) is 2.67. The summed E-state index contributed by atoms with van der Waals surface area (Å²) in [5.74, 6) is 2.43. The Balaban J connectivity index is 1.99. The number of hydrogen-bond donors (Lipinski definition) is 1. The first-order chi connectivity index (χ1) is 7.25. The van der Waals surface area contributed by atoms with Gasteiger partial charge in [0, 0.05) is 18.4 Å². The van der Waals surface area contributed by atoms with E-state index in [1.165, 1.54) is 32.1 Å². The number of hydrogen-bond acceptors (Lipinski definition) is 3. The SMILES string of the molecule is CC(N)Cc1cnc(C2CCCCC2)o1. The summed E-state index contributed by atoms with van der Waals surface area (Å²) in [5.41, 5.74) is 5.72. The monoisotopic (exact) mass is 208 g/mol. The molecule has 1 atom stereocenters. The van der Waals surface area contributed by atoms with Gasteiger partial charge in [-0.25, -0.2) is 4.98 Å². The van der Waals surface area contributed by atoms with E-state index in [0.29, 0.717) is 5.92 Å². The van der Waals surface area contributed by atoms with E-state index < -0.39 is 0 Å². The van der Waals surface area contributed by atoms with Crippen LogP contribution < -0.4 is 5.73 Å². The molecule has 0 aromatic carbocycles. The van der Waals surface area contributed by atoms with E-state index in [1.807, 2.05) is 13.1 Å². The van der Waals surface area contributed by atoms with Crippen molar-refractivity contribution >= 4 is 0 Å². The summed E-state index contributed by atoms with van der Waals surface area (Å²) < 4.78 is 5.74. The lowest BCUT2D eigenvalue weighted by molar-refractivity contribution is 0.349. The minimum atomic E-state index is 0.150. The van der Waals surface area contributed by atoms with Crippen LogP contribution in [0.15, 0.2) is 10.6 Å². The highest BCUT2D eigenvalue weighted by Crippen LogP contribution is 2.32. The fraction of sp³-hybridized carbons (Fsp3) is 0.750. The van der Waals surface area contributed by atoms with Gasteiger partial charge in [0.05, 0.1) is 6.20 Å². The second-order valence-corrected chi connectivity index (χ2v) is 4.68. The van der Waals surface area contributed by atoms with Crippen molar-refractivity contribution in [3.8, 4) is 0 Å². The summed E-state index contributed by atoms with van der Waals surface area (Å²) in [5, 5.41) is 0. The Morgan fingerprint density at radius 3 is 2.87 bits per heavy atom. The zero-order valence-corrected chi connectivity index (χ0v) is 9.41. The summed E-state index contributed by atoms with van der Waals surface area (Å²) in [6, 6.07) is 0.150. The van der Waals surface area contributed by atoms with Crippen molar-refractivity contribution in [3.05, 3.63) is 17.8 Å². The molecule has 84 valence electrons. The molecule has 1 aliphatic rings. The number of nitrogens with two attached hydrogens (primary N) is 1. The molecule has 1 unspecified atom stereocenters. The van der Waals surface area contributed by atoms with Gasteiger partial charge in [-0.15, -0.1) is 0 Å². The molecule has 1 fully saturated rings. The predicted octanol–water partition coefficient (Wildman–Crippen LogP) is 2.61. The minimum Gasteiger partial charge on any atom is -0.445 e. The Kier molecular flexibility index (Phi) is 3.41. The molecule has 3 nitrogen and oxygen atoms in total. The molecule has 1 aliphatic carbocycles. The summed E-state index contributed by atoms with van der Waals surface area (Å²) in [6.45, 7) is 1.99. The van der Waals surface area contributed by atoms with Crippen molar-refractivity contribution in [1.29, 1.82) is 0 Å². The third-order valence-corrected chi connectivity index (χ3v) is 3.05. The average molecular weight is 208 g/mol. The van der Waals surface area contributed by atoms with E-state index in [9.17, 15) is 0 Å². The van der Waals surface area contributed by atoms with E-state index in [2.05, 4.69) is 4.98 Å². The quantitative estimate of drug-likeness (QED) is 0.830. The van der Waals surface area contributed by atoms with Crippen LogP contribution >= 0.6 is 0 Å². The first-order valence-corrected chi connectivity index (χ1v) is 5.96. The molecule has 1 aromatic heterocycles. The van der Waals surface area contributed by atoms with Crippen molar-refractivity contribution in [2.75, 3.05) is 0 Å². The van der Waals surface area contributed by atoms with Crippen LogP contribution in [-0.2, 0) is 6.42 Å². The van der Waals surface area contributed by atoms with Gasteiger partial charge >= 0.3 is 0 Å². The van der Waals surface area contributed by atoms with Gasteiger partial charge in [-0.05, 0) is 19.8 Å². The zero-order valence-electron chi connectivity index (χ0n) is 9.41. The first kappa shape index (κ1) is 10.7. The van der Waals surface area contributed by atoms with Gasteiger partial charge in [0.25, 0.3) is 0 Å². The molecular formula is C12H20N2O. The maximum absolute atomic E-state index is 5.74. The fourth-order valence-electron chi connectivity index (χ4n) is 2.27. The topological polar surface area (TPSA) is 52.0 Å². The van der Waals surface area contributed by atoms with Gasteiger partial charge in [0.2, 0.25) is 0 Å². The third-order valence-electron chi connectivity index (χ3n) is 3.05. The lowest BCUT2D eigenvalue weighted by Crippen LogP contribution is -2.17. The van der Waals surface area contributed by atoms with Crippen LogP contribution in [0.5, 0.6) is 0 Å². The Hall–Kier alpha value is -0.830. The van der Waals surface area contributed by atoms with Crippen LogP contribution in [-0.4, -0.2) is 11.0 Å². The first-order valence-electron chi connectivity index (χ1n) is 5.96. The van der Waals surface area contributed by atoms with Gasteiger partial charge in [0.1, 0.15) is 5.76 Å². The molecule has 2 rings (SSSR count). The molecule has 0 radical (unpaired) electrons. The third kappa shape index (κ3) is 2.81. The van der Waals surface area contributed by atoms with Crippen molar-refractivity contribution in [2.24, 2.45) is 5.73 Å². The van der Waals surface area contributed by atoms with Crippen molar-refractivity contribution < 1.29 is 4.42 Å². The number of oxazole rings is 1. The highest BCUT2D eigenvalue weighted by Gasteiger charge is 2.20. The van der Waals surface area contributed by atoms with Gasteiger partial charge in [-0.1, -0.05) is 19.3 Å². The second-order valence-electron chi connectivity index (χ2n) is 4.68. The number of aromatic nitrogens is 1. The predicted molar refractivity (Wildman–Crippen MR) is 59.7 cm³/mol. The molecule has 1 heterocycles. The largest absolute Gasteiger partial charge is 0.445 e. The van der Waals surface area contributed by atoms with Gasteiger partial charge < -0.3 is 10.2 Å². The second kappa shape index (κ2) is 4.79. The number of rotatable bonds is 3. The van der Waals surface area contributed by atoms with Crippen LogP contribution in [0.2, 0.25) is 0 Å². The van der Waals surface area contributed by atoms with Gasteiger partial charge in [-0.3, -0.25) is 0 Å². The molecule has 0 aliphatic heterocycles. The fourth-order valence-corrected chi connectivity index (χ4v) is 2.27. The Bertz CT molecular complexity index is 300. The molecule has 1 aromatic rings. The highest BCUT2D eigenvalue weighted by atomic mass is 16.4. The van der Waals surface area contributed by atoms with E-state index in [4.69, 9.17) is 10.2 Å². The van der Waals surface area contributed by atoms with Crippen LogP contribution in [0.4, 0.5) is 0 Å². The van der Waals surface area contributed by atoms with Crippen LogP contribution in [0.3, 0.4) is 0 Å². The highest BCUT2D eigenvalue weighted by molar-refractivity contribution is 5.01. The summed E-state index contributed by atoms with van der Waals surface area (Å²) in [6.07, 6.45) is 9.10. The van der Waals surface area contributed by atoms with E-state index in [1.54, 1.807) is 0 Å². The van der Waals surface area contributed by atoms with Crippen molar-refractivity contribution in [1.82, 2.24) is 4.98 Å². The zero-order chi connectivity index (χ0) is 10.7. The molecule has 0 saturated heterocycles. The number of nitrogens with zero attached hydrogens (tertiary/aromatic N) is 1. The molecule has 3 heteroatoms. The van der Waals surface area contributed by atoms with Crippen LogP contribution in [0.1, 0.15) is 56.6 Å². The standard InChI is InChI=1S/C12H20N2O/c1-9(13)7-11-8-14-12(15-11)10-5-3-2-4-6-10/h8-10H,2-7,13H2,1H3. The Labute approximate surface area is 91.1 Å². The van der Waals surface area contributed by atoms with E-state index in [-0.39, 0.29) is 6.04 Å². The Morgan fingerprint density at radius 1 is 1.47 bits per heavy atom. The smallest absolute Gasteiger partial charge is 0.197 e. The van der Waals surface area contributed by atoms with Crippen molar-refractivity contribution in [2.45, 2.75) is 57.4 Å². The summed E-state index contributed by atoms with van der Waals surface area (Å²) in [4.78, 5) is 4.37. The summed E-state index contributed by atoms with van der Waals surface area (Å²) >= 11 is 0.